The maximum atomic E-state index is 12.7. The van der Waals surface area contributed by atoms with E-state index in [1.807, 2.05) is 6.92 Å². The summed E-state index contributed by atoms with van der Waals surface area (Å²) in [5, 5.41) is 10.0. The van der Waals surface area contributed by atoms with Gasteiger partial charge in [-0.05, 0) is 13.3 Å². The highest BCUT2D eigenvalue weighted by atomic mass is 19.4. The SMILES string of the molecule is CCC1CNC(C)c2nnc(C(F)(F)F)n21. The van der Waals surface area contributed by atoms with Crippen LogP contribution in [0.25, 0.3) is 0 Å². The minimum atomic E-state index is -4.43. The summed E-state index contributed by atoms with van der Waals surface area (Å²) in [5.41, 5.74) is 0. The molecule has 4 nitrogen and oxygen atoms in total. The van der Waals surface area contributed by atoms with Crippen molar-refractivity contribution in [3.63, 3.8) is 0 Å². The van der Waals surface area contributed by atoms with Crippen LogP contribution < -0.4 is 5.32 Å². The van der Waals surface area contributed by atoms with Gasteiger partial charge in [0.1, 0.15) is 5.82 Å². The predicted molar refractivity (Wildman–Crippen MR) is 50.8 cm³/mol. The van der Waals surface area contributed by atoms with Crippen molar-refractivity contribution in [3.05, 3.63) is 11.6 Å². The van der Waals surface area contributed by atoms with Crippen LogP contribution in [0.2, 0.25) is 0 Å². The van der Waals surface area contributed by atoms with Crippen molar-refractivity contribution >= 4 is 0 Å². The molecule has 90 valence electrons. The van der Waals surface area contributed by atoms with Gasteiger partial charge in [-0.25, -0.2) is 0 Å². The highest BCUT2D eigenvalue weighted by molar-refractivity contribution is 5.08. The molecule has 2 heterocycles. The standard InChI is InChI=1S/C9H13F3N4/c1-3-6-4-13-5(2)7-14-15-8(16(6)7)9(10,11)12/h5-6,13H,3-4H2,1-2H3. The van der Waals surface area contributed by atoms with Crippen LogP contribution >= 0.6 is 0 Å². The first-order valence-corrected chi connectivity index (χ1v) is 5.20. The van der Waals surface area contributed by atoms with Crippen LogP contribution in [0.5, 0.6) is 0 Å². The molecule has 2 rings (SSSR count). The summed E-state index contributed by atoms with van der Waals surface area (Å²) in [5.74, 6) is -0.520. The number of alkyl halides is 3. The molecule has 0 bridgehead atoms. The average molecular weight is 234 g/mol. The zero-order valence-electron chi connectivity index (χ0n) is 9.04. The fraction of sp³-hybridized carbons (Fsp3) is 0.778. The van der Waals surface area contributed by atoms with E-state index in [4.69, 9.17) is 0 Å². The van der Waals surface area contributed by atoms with E-state index in [1.54, 1.807) is 6.92 Å². The molecule has 0 saturated carbocycles. The van der Waals surface area contributed by atoms with Gasteiger partial charge in [-0.15, -0.1) is 10.2 Å². The normalized spacial score (nSPS) is 25.6. The largest absolute Gasteiger partial charge is 0.451 e. The summed E-state index contributed by atoms with van der Waals surface area (Å²) in [7, 11) is 0. The van der Waals surface area contributed by atoms with Gasteiger partial charge < -0.3 is 9.88 Å². The lowest BCUT2D eigenvalue weighted by atomic mass is 10.1. The molecule has 0 radical (unpaired) electrons. The fourth-order valence-corrected chi connectivity index (χ4v) is 1.97. The third-order valence-electron chi connectivity index (χ3n) is 2.86. The third kappa shape index (κ3) is 1.68. The van der Waals surface area contributed by atoms with E-state index < -0.39 is 12.0 Å². The van der Waals surface area contributed by atoms with Gasteiger partial charge in [-0.3, -0.25) is 0 Å². The smallest absolute Gasteiger partial charge is 0.305 e. The molecular formula is C9H13F3N4. The molecule has 0 aromatic carbocycles. The summed E-state index contributed by atoms with van der Waals surface area (Å²) in [6, 6.07) is -0.413. The van der Waals surface area contributed by atoms with Gasteiger partial charge in [0.25, 0.3) is 0 Å². The molecule has 1 aliphatic heterocycles. The Bertz CT molecular complexity index is 385. The monoisotopic (exact) mass is 234 g/mol. The summed E-state index contributed by atoms with van der Waals surface area (Å²) in [6.07, 6.45) is -3.82. The van der Waals surface area contributed by atoms with E-state index in [2.05, 4.69) is 15.5 Å². The van der Waals surface area contributed by atoms with E-state index in [-0.39, 0.29) is 12.1 Å². The molecule has 0 saturated heterocycles. The first-order valence-electron chi connectivity index (χ1n) is 5.20. The fourth-order valence-electron chi connectivity index (χ4n) is 1.97. The van der Waals surface area contributed by atoms with Crippen molar-refractivity contribution in [2.75, 3.05) is 6.54 Å². The third-order valence-corrected chi connectivity index (χ3v) is 2.86. The van der Waals surface area contributed by atoms with Crippen molar-refractivity contribution in [1.82, 2.24) is 20.1 Å². The van der Waals surface area contributed by atoms with Crippen molar-refractivity contribution in [3.8, 4) is 0 Å². The van der Waals surface area contributed by atoms with E-state index in [9.17, 15) is 13.2 Å². The highest BCUT2D eigenvalue weighted by Gasteiger charge is 2.41. The quantitative estimate of drug-likeness (QED) is 0.807. The zero-order valence-corrected chi connectivity index (χ0v) is 9.04. The second-order valence-electron chi connectivity index (χ2n) is 3.94. The number of halogens is 3. The molecule has 7 heteroatoms. The molecular weight excluding hydrogens is 221 g/mol. The van der Waals surface area contributed by atoms with Crippen LogP contribution in [0.1, 0.15) is 44.0 Å². The minimum absolute atomic E-state index is 0.189. The lowest BCUT2D eigenvalue weighted by Crippen LogP contribution is -2.37. The van der Waals surface area contributed by atoms with Crippen LogP contribution in [-0.4, -0.2) is 21.3 Å². The Labute approximate surface area is 90.9 Å². The lowest BCUT2D eigenvalue weighted by molar-refractivity contribution is -0.148. The highest BCUT2D eigenvalue weighted by Crippen LogP contribution is 2.34. The van der Waals surface area contributed by atoms with E-state index >= 15 is 0 Å². The van der Waals surface area contributed by atoms with Gasteiger partial charge >= 0.3 is 6.18 Å². The van der Waals surface area contributed by atoms with Crippen molar-refractivity contribution in [1.29, 1.82) is 0 Å². The van der Waals surface area contributed by atoms with Gasteiger partial charge in [-0.2, -0.15) is 13.2 Å². The summed E-state index contributed by atoms with van der Waals surface area (Å²) < 4.78 is 39.3. The van der Waals surface area contributed by atoms with Crippen molar-refractivity contribution in [2.24, 2.45) is 0 Å². The Morgan fingerprint density at radius 2 is 2.12 bits per heavy atom. The molecule has 1 aromatic rings. The number of nitrogens with zero attached hydrogens (tertiary/aromatic N) is 3. The summed E-state index contributed by atoms with van der Waals surface area (Å²) in [6.45, 7) is 4.16. The molecule has 1 aliphatic rings. The first-order chi connectivity index (χ1) is 7.45. The maximum absolute atomic E-state index is 12.7. The van der Waals surface area contributed by atoms with Crippen LogP contribution in [0.4, 0.5) is 13.2 Å². The number of hydrogen-bond donors (Lipinski definition) is 1. The molecule has 16 heavy (non-hydrogen) atoms. The summed E-state index contributed by atoms with van der Waals surface area (Å²) in [4.78, 5) is 0. The molecule has 0 fully saturated rings. The molecule has 2 atom stereocenters. The lowest BCUT2D eigenvalue weighted by Gasteiger charge is -2.29. The van der Waals surface area contributed by atoms with Crippen LogP contribution in [-0.2, 0) is 6.18 Å². The first kappa shape index (κ1) is 11.4. The zero-order chi connectivity index (χ0) is 11.9. The Balaban J connectivity index is 2.51. The topological polar surface area (TPSA) is 42.7 Å². The second kappa shape index (κ2) is 3.73. The average Bonchev–Trinajstić information content (AvgIpc) is 2.63. The van der Waals surface area contributed by atoms with Gasteiger partial charge in [-0.1, -0.05) is 6.92 Å². The second-order valence-corrected chi connectivity index (χ2v) is 3.94. The van der Waals surface area contributed by atoms with E-state index in [1.165, 1.54) is 4.57 Å². The number of rotatable bonds is 1. The van der Waals surface area contributed by atoms with E-state index in [0.717, 1.165) is 0 Å². The van der Waals surface area contributed by atoms with Crippen molar-refractivity contribution < 1.29 is 13.2 Å². The molecule has 1 N–H and O–H groups in total. The Hall–Kier alpha value is -1.11. The Morgan fingerprint density at radius 3 is 2.69 bits per heavy atom. The number of nitrogens with one attached hydrogen (secondary N) is 1. The van der Waals surface area contributed by atoms with Gasteiger partial charge in [0.2, 0.25) is 5.82 Å². The number of fused-ring (bicyclic) bond motifs is 1. The van der Waals surface area contributed by atoms with Crippen LogP contribution in [0.3, 0.4) is 0 Å². The van der Waals surface area contributed by atoms with Gasteiger partial charge in [0, 0.05) is 12.6 Å². The van der Waals surface area contributed by atoms with Crippen LogP contribution in [0.15, 0.2) is 0 Å². The van der Waals surface area contributed by atoms with Gasteiger partial charge in [0.05, 0.1) is 6.04 Å². The van der Waals surface area contributed by atoms with Crippen molar-refractivity contribution in [2.45, 2.75) is 38.5 Å². The minimum Gasteiger partial charge on any atom is -0.305 e. The summed E-state index contributed by atoms with van der Waals surface area (Å²) >= 11 is 0. The number of aromatic nitrogens is 3. The van der Waals surface area contributed by atoms with Gasteiger partial charge in [0.15, 0.2) is 0 Å². The molecule has 0 amide bonds. The number of hydrogen-bond acceptors (Lipinski definition) is 3. The molecule has 0 aliphatic carbocycles. The Morgan fingerprint density at radius 1 is 1.44 bits per heavy atom. The van der Waals surface area contributed by atoms with E-state index in [0.29, 0.717) is 18.8 Å². The molecule has 0 spiro atoms. The predicted octanol–water partition coefficient (Wildman–Crippen LogP) is 1.91. The molecule has 2 unspecified atom stereocenters. The Kier molecular flexibility index (Phi) is 2.65. The van der Waals surface area contributed by atoms with Crippen LogP contribution in [0, 0.1) is 0 Å². The molecule has 1 aromatic heterocycles. The maximum Gasteiger partial charge on any atom is 0.451 e.